The molecule has 3 heterocycles. The molecule has 1 aliphatic rings. The lowest BCUT2D eigenvalue weighted by molar-refractivity contribution is 0.169. The van der Waals surface area contributed by atoms with Gasteiger partial charge >= 0.3 is 0 Å². The normalized spacial score (nSPS) is 17.7. The molecule has 7 heteroatoms. The van der Waals surface area contributed by atoms with E-state index < -0.39 is 0 Å². The van der Waals surface area contributed by atoms with Gasteiger partial charge in [0.1, 0.15) is 5.76 Å². The molecule has 1 fully saturated rings. The first-order valence-corrected chi connectivity index (χ1v) is 9.67. The molecule has 25 heavy (non-hydrogen) atoms. The Bertz CT molecular complexity index is 673. The smallest absolute Gasteiger partial charge is 0.193 e. The molecule has 1 unspecified atom stereocenters. The molecule has 0 bridgehead atoms. The van der Waals surface area contributed by atoms with Crippen molar-refractivity contribution in [1.29, 1.82) is 0 Å². The van der Waals surface area contributed by atoms with E-state index in [2.05, 4.69) is 49.7 Å². The van der Waals surface area contributed by atoms with Gasteiger partial charge < -0.3 is 14.7 Å². The Labute approximate surface area is 153 Å². The lowest BCUT2D eigenvalue weighted by Gasteiger charge is -2.36. The Morgan fingerprint density at radius 1 is 1.40 bits per heavy atom. The van der Waals surface area contributed by atoms with Crippen molar-refractivity contribution in [3.8, 4) is 0 Å². The number of hydrogen-bond donors (Lipinski definition) is 1. The van der Waals surface area contributed by atoms with E-state index in [0.717, 1.165) is 56.7 Å². The molecule has 1 aliphatic heterocycles. The number of thiophene rings is 1. The zero-order chi connectivity index (χ0) is 17.6. The minimum Gasteiger partial charge on any atom is -0.361 e. The number of nitrogens with zero attached hydrogens (tertiary/aromatic N) is 4. The number of hydrogen-bond acceptors (Lipinski definition) is 5. The Morgan fingerprint density at radius 2 is 2.20 bits per heavy atom. The monoisotopic (exact) mass is 361 g/mol. The largest absolute Gasteiger partial charge is 0.361 e. The summed E-state index contributed by atoms with van der Waals surface area (Å²) in [5.41, 5.74) is 1.01. The zero-order valence-electron chi connectivity index (χ0n) is 15.2. The van der Waals surface area contributed by atoms with Gasteiger partial charge in [0.15, 0.2) is 5.96 Å². The topological polar surface area (TPSA) is 56.9 Å². The maximum Gasteiger partial charge on any atom is 0.193 e. The molecule has 136 valence electrons. The lowest BCUT2D eigenvalue weighted by atomic mass is 10.1. The Hall–Kier alpha value is -1.86. The van der Waals surface area contributed by atoms with Crippen LogP contribution in [0.25, 0.3) is 0 Å². The maximum atomic E-state index is 5.15. The molecule has 1 saturated heterocycles. The van der Waals surface area contributed by atoms with Crippen LogP contribution in [0.2, 0.25) is 0 Å². The predicted octanol–water partition coefficient (Wildman–Crippen LogP) is 2.54. The third-order valence-electron chi connectivity index (χ3n) is 4.54. The quantitative estimate of drug-likeness (QED) is 0.655. The second-order valence-electron chi connectivity index (χ2n) is 6.54. The van der Waals surface area contributed by atoms with Gasteiger partial charge in [-0.15, -0.1) is 11.3 Å². The maximum absolute atomic E-state index is 5.15. The molecular formula is C18H27N5OS. The van der Waals surface area contributed by atoms with Crippen molar-refractivity contribution >= 4 is 17.3 Å². The van der Waals surface area contributed by atoms with Gasteiger partial charge in [0.25, 0.3) is 0 Å². The van der Waals surface area contributed by atoms with Crippen molar-refractivity contribution in [3.63, 3.8) is 0 Å². The Morgan fingerprint density at radius 3 is 2.80 bits per heavy atom. The fourth-order valence-corrected chi connectivity index (χ4v) is 3.88. The summed E-state index contributed by atoms with van der Waals surface area (Å²) in [4.78, 5) is 10.6. The van der Waals surface area contributed by atoms with Crippen molar-refractivity contribution in [3.05, 3.63) is 39.9 Å². The fraction of sp³-hybridized carbons (Fsp3) is 0.556. The molecule has 0 radical (unpaired) electrons. The fourth-order valence-electron chi connectivity index (χ4n) is 3.09. The van der Waals surface area contributed by atoms with Crippen molar-refractivity contribution in [2.24, 2.45) is 4.99 Å². The first-order chi connectivity index (χ1) is 12.2. The number of aromatic nitrogens is 1. The number of rotatable bonds is 5. The van der Waals surface area contributed by atoms with E-state index in [9.17, 15) is 0 Å². The molecular weight excluding hydrogens is 334 g/mol. The third-order valence-corrected chi connectivity index (χ3v) is 5.65. The third kappa shape index (κ3) is 4.83. The van der Waals surface area contributed by atoms with E-state index in [4.69, 9.17) is 4.52 Å². The molecule has 1 atom stereocenters. The highest BCUT2D eigenvalue weighted by Crippen LogP contribution is 2.19. The minimum absolute atomic E-state index is 0.494. The second-order valence-corrected chi connectivity index (χ2v) is 7.52. The van der Waals surface area contributed by atoms with Gasteiger partial charge in [0.2, 0.25) is 0 Å². The van der Waals surface area contributed by atoms with E-state index in [0.29, 0.717) is 5.92 Å². The van der Waals surface area contributed by atoms with Gasteiger partial charge in [-0.1, -0.05) is 18.1 Å². The summed E-state index contributed by atoms with van der Waals surface area (Å²) in [5, 5.41) is 9.75. The number of guanidine groups is 1. The van der Waals surface area contributed by atoms with Crippen molar-refractivity contribution < 1.29 is 4.52 Å². The van der Waals surface area contributed by atoms with Crippen LogP contribution in [0.4, 0.5) is 0 Å². The number of nitrogens with one attached hydrogen (secondary N) is 1. The molecule has 0 spiro atoms. The molecule has 0 saturated carbocycles. The van der Waals surface area contributed by atoms with Crippen LogP contribution in [0, 0.1) is 6.92 Å². The van der Waals surface area contributed by atoms with Gasteiger partial charge in [-0.25, -0.2) is 0 Å². The average Bonchev–Trinajstić information content (AvgIpc) is 3.28. The Kier molecular flexibility index (Phi) is 6.09. The van der Waals surface area contributed by atoms with Crippen LogP contribution >= 0.6 is 11.3 Å². The van der Waals surface area contributed by atoms with Crippen LogP contribution in [-0.2, 0) is 6.54 Å². The molecule has 6 nitrogen and oxygen atoms in total. The van der Waals surface area contributed by atoms with E-state index in [1.54, 1.807) is 0 Å². The molecule has 0 aromatic carbocycles. The number of aliphatic imine (C=N–C) groups is 1. The summed E-state index contributed by atoms with van der Waals surface area (Å²) >= 11 is 1.82. The molecule has 1 N–H and O–H groups in total. The first-order valence-electron chi connectivity index (χ1n) is 8.79. The summed E-state index contributed by atoms with van der Waals surface area (Å²) < 4.78 is 5.15. The first kappa shape index (κ1) is 17.9. The molecule has 2 aromatic heterocycles. The van der Waals surface area contributed by atoms with E-state index >= 15 is 0 Å². The second kappa shape index (κ2) is 8.49. The van der Waals surface area contributed by atoms with Gasteiger partial charge in [-0.2, -0.15) is 0 Å². The summed E-state index contributed by atoms with van der Waals surface area (Å²) in [6, 6.07) is 6.32. The van der Waals surface area contributed by atoms with Gasteiger partial charge in [0, 0.05) is 63.2 Å². The molecule has 2 aromatic rings. The summed E-state index contributed by atoms with van der Waals surface area (Å²) in [7, 11) is 1.86. The zero-order valence-corrected chi connectivity index (χ0v) is 16.1. The van der Waals surface area contributed by atoms with Crippen LogP contribution < -0.4 is 5.32 Å². The highest BCUT2D eigenvalue weighted by molar-refractivity contribution is 7.10. The van der Waals surface area contributed by atoms with Crippen LogP contribution in [0.5, 0.6) is 0 Å². The van der Waals surface area contributed by atoms with Crippen LogP contribution in [0.3, 0.4) is 0 Å². The van der Waals surface area contributed by atoms with Crippen molar-refractivity contribution in [2.75, 3.05) is 39.8 Å². The number of aryl methyl sites for hydroxylation is 1. The lowest BCUT2D eigenvalue weighted by Crippen LogP contribution is -2.52. The van der Waals surface area contributed by atoms with Crippen LogP contribution in [-0.4, -0.2) is 60.7 Å². The summed E-state index contributed by atoms with van der Waals surface area (Å²) in [6.07, 6.45) is 0. The average molecular weight is 362 g/mol. The van der Waals surface area contributed by atoms with E-state index in [1.165, 1.54) is 4.88 Å². The number of piperazine rings is 1. The minimum atomic E-state index is 0.494. The van der Waals surface area contributed by atoms with E-state index in [1.807, 2.05) is 31.4 Å². The van der Waals surface area contributed by atoms with Crippen molar-refractivity contribution in [1.82, 2.24) is 20.3 Å². The highest BCUT2D eigenvalue weighted by atomic mass is 32.1. The predicted molar refractivity (Wildman–Crippen MR) is 102 cm³/mol. The standard InChI is InChI=1S/C18H27N5OS/c1-14(17-5-4-10-25-17)12-20-18(19-3)23-8-6-22(7-9-23)13-16-11-15(2)24-21-16/h4-5,10-11,14H,6-9,12-13H2,1-3H3,(H,19,20). The van der Waals surface area contributed by atoms with Crippen LogP contribution in [0.1, 0.15) is 29.2 Å². The molecule has 3 rings (SSSR count). The van der Waals surface area contributed by atoms with Gasteiger partial charge in [-0.3, -0.25) is 9.89 Å². The summed E-state index contributed by atoms with van der Waals surface area (Å²) in [6.45, 7) is 9.91. The van der Waals surface area contributed by atoms with Gasteiger partial charge in [0.05, 0.1) is 5.69 Å². The summed E-state index contributed by atoms with van der Waals surface area (Å²) in [5.74, 6) is 2.37. The Balaban J connectivity index is 1.45. The highest BCUT2D eigenvalue weighted by Gasteiger charge is 2.21. The molecule has 0 aliphatic carbocycles. The van der Waals surface area contributed by atoms with Crippen molar-refractivity contribution in [2.45, 2.75) is 26.3 Å². The SMILES string of the molecule is CN=C(NCC(C)c1cccs1)N1CCN(Cc2cc(C)on2)CC1. The van der Waals surface area contributed by atoms with E-state index in [-0.39, 0.29) is 0 Å². The van der Waals surface area contributed by atoms with Gasteiger partial charge in [-0.05, 0) is 18.4 Å². The van der Waals surface area contributed by atoms with Crippen LogP contribution in [0.15, 0.2) is 33.1 Å². The molecule has 0 amide bonds.